The molecule has 3 aliphatic rings. The van der Waals surface area contributed by atoms with Crippen LogP contribution in [-0.4, -0.2) is 72.4 Å². The molecule has 8 rings (SSSR count). The third-order valence-electron chi connectivity index (χ3n) is 12.1. The fourth-order valence-electron chi connectivity index (χ4n) is 9.16. The highest BCUT2D eigenvalue weighted by atomic mass is 16.5. The van der Waals surface area contributed by atoms with Crippen LogP contribution in [0.1, 0.15) is 88.2 Å². The minimum Gasteiger partial charge on any atom is -0.453 e. The van der Waals surface area contributed by atoms with Crippen LogP contribution < -0.4 is 10.6 Å². The van der Waals surface area contributed by atoms with E-state index in [0.717, 1.165) is 83.1 Å². The van der Waals surface area contributed by atoms with E-state index in [1.165, 1.54) is 7.11 Å². The molecule has 2 saturated carbocycles. The Morgan fingerprint density at radius 2 is 1.39 bits per heavy atom. The van der Waals surface area contributed by atoms with Crippen LogP contribution in [0.25, 0.3) is 33.6 Å². The van der Waals surface area contributed by atoms with Crippen LogP contribution in [0.2, 0.25) is 0 Å². The third kappa shape index (κ3) is 7.29. The maximum absolute atomic E-state index is 13.7. The van der Waals surface area contributed by atoms with Crippen molar-refractivity contribution in [2.75, 3.05) is 13.7 Å². The summed E-state index contributed by atoms with van der Waals surface area (Å²) in [4.78, 5) is 66.1. The molecule has 0 unspecified atom stereocenters. The first kappa shape index (κ1) is 37.1. The highest BCUT2D eigenvalue weighted by Gasteiger charge is 2.52. The summed E-state index contributed by atoms with van der Waals surface area (Å²) < 4.78 is 4.76. The van der Waals surface area contributed by atoms with Gasteiger partial charge in [-0.1, -0.05) is 62.4 Å². The fourth-order valence-corrected chi connectivity index (χ4v) is 9.16. The van der Waals surface area contributed by atoms with E-state index >= 15 is 0 Å². The number of hydrogen-bond donors (Lipinski definition) is 4. The number of imidazole rings is 2. The summed E-state index contributed by atoms with van der Waals surface area (Å²) in [6.07, 6.45) is 13.0. The van der Waals surface area contributed by atoms with E-state index < -0.39 is 12.1 Å². The lowest BCUT2D eigenvalue weighted by Gasteiger charge is -2.30. The van der Waals surface area contributed by atoms with Gasteiger partial charge in [-0.3, -0.25) is 19.6 Å². The van der Waals surface area contributed by atoms with Crippen LogP contribution in [-0.2, 0) is 14.3 Å². The Kier molecular flexibility index (Phi) is 10.4. The van der Waals surface area contributed by atoms with Gasteiger partial charge in [0, 0.05) is 24.9 Å². The molecule has 7 atom stereocenters. The molecule has 3 aromatic heterocycles. The number of nitrogens with zero attached hydrogens (tertiary/aromatic N) is 5. The molecule has 3 amide bonds. The number of hydrogen-bond acceptors (Lipinski definition) is 8. The lowest BCUT2D eigenvalue weighted by molar-refractivity contribution is -0.135. The van der Waals surface area contributed by atoms with Crippen molar-refractivity contribution < 1.29 is 19.1 Å². The third-order valence-corrected chi connectivity index (χ3v) is 12.1. The summed E-state index contributed by atoms with van der Waals surface area (Å²) >= 11 is 0. The minimum atomic E-state index is -0.679. The van der Waals surface area contributed by atoms with Crippen LogP contribution in [0.5, 0.6) is 0 Å². The Morgan fingerprint density at radius 3 is 2.02 bits per heavy atom. The van der Waals surface area contributed by atoms with Gasteiger partial charge >= 0.3 is 6.09 Å². The van der Waals surface area contributed by atoms with E-state index in [9.17, 15) is 14.4 Å². The van der Waals surface area contributed by atoms with Crippen molar-refractivity contribution in [2.24, 2.45) is 23.7 Å². The quantitative estimate of drug-likeness (QED) is 0.112. The second kappa shape index (κ2) is 15.7. The maximum atomic E-state index is 13.7. The van der Waals surface area contributed by atoms with Gasteiger partial charge in [0.15, 0.2) is 0 Å². The van der Waals surface area contributed by atoms with E-state index in [2.05, 4.69) is 84.1 Å². The first-order chi connectivity index (χ1) is 27.2. The van der Waals surface area contributed by atoms with Crippen LogP contribution >= 0.6 is 0 Å². The second-order valence-corrected chi connectivity index (χ2v) is 15.8. The molecule has 2 bridgehead atoms. The van der Waals surface area contributed by atoms with Crippen molar-refractivity contribution in [2.45, 2.75) is 76.9 Å². The summed E-state index contributed by atoms with van der Waals surface area (Å²) in [6.45, 7) is 6.37. The van der Waals surface area contributed by atoms with Gasteiger partial charge in [0.1, 0.15) is 17.7 Å². The molecule has 5 aromatic rings. The molecular weight excluding hydrogens is 707 g/mol. The molecule has 4 heterocycles. The van der Waals surface area contributed by atoms with Gasteiger partial charge in [-0.05, 0) is 79.0 Å². The first-order valence-electron chi connectivity index (χ1n) is 19.7. The average Bonchev–Trinajstić information content (AvgIpc) is 4.08. The summed E-state index contributed by atoms with van der Waals surface area (Å²) in [5, 5.41) is 5.91. The molecule has 0 spiro atoms. The number of aromatic nitrogens is 6. The number of ether oxygens (including phenoxy) is 1. The number of carbonyl (C=O) groups excluding carboxylic acids is 3. The largest absolute Gasteiger partial charge is 0.453 e. The maximum Gasteiger partial charge on any atom is 0.407 e. The minimum absolute atomic E-state index is 0.0625. The van der Waals surface area contributed by atoms with E-state index in [-0.39, 0.29) is 41.7 Å². The second-order valence-electron chi connectivity index (χ2n) is 15.8. The standard InChI is InChI=1S/C43H49N9O4/c1-24(2)38(51-43(55)56-4)42(54)52-19-5-6-35(52)39-46-22-33(49-39)28-11-7-26(8-12-28)27-9-13-29(14-10-27)34-23-47-40(50-34)36-30-15-16-31(20-30)37(36)41(53)48-25(3)32-21-44-17-18-45-32/h7-14,17-18,21-25,30-31,35-38H,5-6,15-16,19-20H2,1-4H3,(H,46,49)(H,47,50)(H,48,53)(H,51,55)/t25-,30+,31-,35+,36-,37-,38+/m1/s1. The van der Waals surface area contributed by atoms with Crippen molar-refractivity contribution in [3.05, 3.63) is 96.9 Å². The number of H-pyrrole nitrogens is 2. The molecule has 56 heavy (non-hydrogen) atoms. The van der Waals surface area contributed by atoms with E-state index in [1.807, 2.05) is 38.1 Å². The number of amides is 3. The molecule has 2 aromatic carbocycles. The summed E-state index contributed by atoms with van der Waals surface area (Å²) in [5.41, 5.74) is 6.77. The fraction of sp³-hybridized carbons (Fsp3) is 0.419. The molecule has 3 fully saturated rings. The number of carbonyl (C=O) groups is 3. The van der Waals surface area contributed by atoms with Crippen LogP contribution in [0, 0.1) is 23.7 Å². The van der Waals surface area contributed by atoms with Gasteiger partial charge in [-0.25, -0.2) is 14.8 Å². The molecule has 2 aliphatic carbocycles. The zero-order chi connectivity index (χ0) is 38.9. The average molecular weight is 756 g/mol. The van der Waals surface area contributed by atoms with Crippen molar-refractivity contribution in [3.8, 4) is 33.6 Å². The number of nitrogens with one attached hydrogen (secondary N) is 4. The van der Waals surface area contributed by atoms with Crippen molar-refractivity contribution >= 4 is 17.9 Å². The zero-order valence-corrected chi connectivity index (χ0v) is 32.2. The summed E-state index contributed by atoms with van der Waals surface area (Å²) in [6, 6.07) is 15.7. The monoisotopic (exact) mass is 755 g/mol. The van der Waals surface area contributed by atoms with Gasteiger partial charge in [0.05, 0.1) is 60.8 Å². The number of rotatable bonds is 11. The Labute approximate surface area is 326 Å². The van der Waals surface area contributed by atoms with E-state index in [0.29, 0.717) is 18.4 Å². The molecule has 13 heteroatoms. The molecule has 0 radical (unpaired) electrons. The van der Waals surface area contributed by atoms with Crippen molar-refractivity contribution in [1.82, 2.24) is 45.4 Å². The summed E-state index contributed by atoms with van der Waals surface area (Å²) in [7, 11) is 1.30. The topological polar surface area (TPSA) is 171 Å². The Morgan fingerprint density at radius 1 is 0.768 bits per heavy atom. The molecule has 13 nitrogen and oxygen atoms in total. The number of fused-ring (bicyclic) bond motifs is 2. The van der Waals surface area contributed by atoms with Gasteiger partial charge in [0.25, 0.3) is 0 Å². The van der Waals surface area contributed by atoms with Gasteiger partial charge < -0.3 is 30.2 Å². The Hall–Kier alpha value is -5.85. The molecular formula is C43H49N9O4. The van der Waals surface area contributed by atoms with Crippen molar-refractivity contribution in [3.63, 3.8) is 0 Å². The van der Waals surface area contributed by atoms with Gasteiger partial charge in [-0.2, -0.15) is 0 Å². The first-order valence-corrected chi connectivity index (χ1v) is 19.7. The number of benzene rings is 2. The van der Waals surface area contributed by atoms with E-state index in [1.54, 1.807) is 18.6 Å². The highest BCUT2D eigenvalue weighted by Crippen LogP contribution is 2.56. The predicted octanol–water partition coefficient (Wildman–Crippen LogP) is 6.98. The zero-order valence-electron chi connectivity index (χ0n) is 32.2. The van der Waals surface area contributed by atoms with Crippen LogP contribution in [0.15, 0.2) is 79.5 Å². The number of aromatic amines is 2. The smallest absolute Gasteiger partial charge is 0.407 e. The molecule has 1 saturated heterocycles. The van der Waals surface area contributed by atoms with Gasteiger partial charge in [0.2, 0.25) is 11.8 Å². The van der Waals surface area contributed by atoms with Crippen LogP contribution in [0.4, 0.5) is 4.79 Å². The lowest BCUT2D eigenvalue weighted by atomic mass is 9.78. The Balaban J connectivity index is 0.922. The Bertz CT molecular complexity index is 2160. The number of likely N-dealkylation sites (tertiary alicyclic amines) is 1. The van der Waals surface area contributed by atoms with Gasteiger partial charge in [-0.15, -0.1) is 0 Å². The van der Waals surface area contributed by atoms with E-state index in [4.69, 9.17) is 9.72 Å². The molecule has 1 aliphatic heterocycles. The summed E-state index contributed by atoms with van der Waals surface area (Å²) in [5.74, 6) is 2.22. The van der Waals surface area contributed by atoms with Crippen LogP contribution in [0.3, 0.4) is 0 Å². The molecule has 290 valence electrons. The SMILES string of the molecule is COC(=O)N[C@H](C(=O)N1CCC[C@H]1c1ncc(-c2ccc(-c3ccc(-c4cnc([C@@H]5[C@H]6CC[C@H](C6)[C@H]5C(=O)N[C@H](C)c5cnccn5)[nH]4)cc3)cc2)[nH]1)C(C)C. The lowest BCUT2D eigenvalue weighted by Crippen LogP contribution is -2.51. The molecule has 4 N–H and O–H groups in total. The number of methoxy groups -OCH3 is 1. The van der Waals surface area contributed by atoms with Crippen molar-refractivity contribution in [1.29, 1.82) is 0 Å². The number of alkyl carbamates (subject to hydrolysis) is 1. The predicted molar refractivity (Wildman–Crippen MR) is 211 cm³/mol. The highest BCUT2D eigenvalue weighted by molar-refractivity contribution is 5.86. The normalized spacial score (nSPS) is 22.6.